The van der Waals surface area contributed by atoms with E-state index in [-0.39, 0.29) is 18.6 Å². The number of hydrogen-bond acceptors (Lipinski definition) is 3. The van der Waals surface area contributed by atoms with Gasteiger partial charge in [-0.1, -0.05) is 0 Å². The fourth-order valence-corrected chi connectivity index (χ4v) is 1.37. The predicted octanol–water partition coefficient (Wildman–Crippen LogP) is 0.000900. The van der Waals surface area contributed by atoms with E-state index >= 15 is 0 Å². The molecule has 1 rings (SSSR count). The first kappa shape index (κ1) is 11.5. The Bertz CT molecular complexity index is 212. The summed E-state index contributed by atoms with van der Waals surface area (Å²) in [5.41, 5.74) is 5.28. The van der Waals surface area contributed by atoms with Crippen molar-refractivity contribution in [2.45, 2.75) is 44.7 Å². The number of aliphatic hydroxyl groups is 1. The molecule has 14 heavy (non-hydrogen) atoms. The van der Waals surface area contributed by atoms with Crippen molar-refractivity contribution in [3.63, 3.8) is 0 Å². The molecule has 1 unspecified atom stereocenters. The van der Waals surface area contributed by atoms with Gasteiger partial charge in [0, 0.05) is 12.5 Å². The summed E-state index contributed by atoms with van der Waals surface area (Å²) < 4.78 is 0. The monoisotopic (exact) mass is 200 g/mol. The number of nitrogens with one attached hydrogen (secondary N) is 1. The molecule has 0 aromatic carbocycles. The summed E-state index contributed by atoms with van der Waals surface area (Å²) >= 11 is 0. The van der Waals surface area contributed by atoms with E-state index in [4.69, 9.17) is 10.8 Å². The standard InChI is InChI=1S/C10H20N2O2/c1-10(2,6-13)12-9(14)5-8(11)7-3-4-7/h7-8,13H,3-6,11H2,1-2H3,(H,12,14). The Balaban J connectivity index is 2.27. The maximum absolute atomic E-state index is 11.5. The summed E-state index contributed by atoms with van der Waals surface area (Å²) in [6.07, 6.45) is 2.67. The van der Waals surface area contributed by atoms with Gasteiger partial charge in [-0.25, -0.2) is 0 Å². The van der Waals surface area contributed by atoms with E-state index in [1.54, 1.807) is 13.8 Å². The van der Waals surface area contributed by atoms with Gasteiger partial charge >= 0.3 is 0 Å². The second-order valence-electron chi connectivity index (χ2n) is 4.80. The van der Waals surface area contributed by atoms with Crippen LogP contribution in [0.2, 0.25) is 0 Å². The lowest BCUT2D eigenvalue weighted by molar-refractivity contribution is -0.123. The average molecular weight is 200 g/mol. The molecule has 82 valence electrons. The molecule has 1 saturated carbocycles. The van der Waals surface area contributed by atoms with Crippen LogP contribution in [0.3, 0.4) is 0 Å². The molecule has 0 aliphatic heterocycles. The maximum Gasteiger partial charge on any atom is 0.222 e. The van der Waals surface area contributed by atoms with Crippen LogP contribution in [0.15, 0.2) is 0 Å². The molecule has 4 heteroatoms. The molecule has 0 aromatic heterocycles. The predicted molar refractivity (Wildman–Crippen MR) is 54.6 cm³/mol. The van der Waals surface area contributed by atoms with Gasteiger partial charge in [-0.05, 0) is 32.6 Å². The summed E-state index contributed by atoms with van der Waals surface area (Å²) in [5.74, 6) is 0.474. The van der Waals surface area contributed by atoms with Crippen molar-refractivity contribution in [3.05, 3.63) is 0 Å². The highest BCUT2D eigenvalue weighted by Gasteiger charge is 2.30. The van der Waals surface area contributed by atoms with Crippen molar-refractivity contribution < 1.29 is 9.90 Å². The van der Waals surface area contributed by atoms with Crippen LogP contribution in [0.4, 0.5) is 0 Å². The van der Waals surface area contributed by atoms with Crippen molar-refractivity contribution >= 4 is 5.91 Å². The van der Waals surface area contributed by atoms with Crippen LogP contribution >= 0.6 is 0 Å². The van der Waals surface area contributed by atoms with Crippen LogP contribution < -0.4 is 11.1 Å². The fraction of sp³-hybridized carbons (Fsp3) is 0.900. The number of hydrogen-bond donors (Lipinski definition) is 3. The van der Waals surface area contributed by atoms with Gasteiger partial charge in [-0.3, -0.25) is 4.79 Å². The molecule has 0 saturated heterocycles. The van der Waals surface area contributed by atoms with Crippen LogP contribution in [0, 0.1) is 5.92 Å². The Morgan fingerprint density at radius 3 is 2.64 bits per heavy atom. The van der Waals surface area contributed by atoms with E-state index < -0.39 is 5.54 Å². The van der Waals surface area contributed by atoms with Gasteiger partial charge < -0.3 is 16.2 Å². The van der Waals surface area contributed by atoms with Crippen LogP contribution in [0.5, 0.6) is 0 Å². The number of rotatable bonds is 5. The van der Waals surface area contributed by atoms with Gasteiger partial charge in [0.25, 0.3) is 0 Å². The second-order valence-corrected chi connectivity index (χ2v) is 4.80. The van der Waals surface area contributed by atoms with E-state index in [0.29, 0.717) is 12.3 Å². The first-order valence-corrected chi connectivity index (χ1v) is 5.12. The zero-order valence-corrected chi connectivity index (χ0v) is 8.92. The summed E-state index contributed by atoms with van der Waals surface area (Å²) in [6, 6.07) is -0.00973. The van der Waals surface area contributed by atoms with Gasteiger partial charge in [0.15, 0.2) is 0 Å². The molecule has 4 N–H and O–H groups in total. The third-order valence-electron chi connectivity index (χ3n) is 2.52. The molecule has 0 aromatic rings. The lowest BCUT2D eigenvalue weighted by Crippen LogP contribution is -2.47. The molecule has 1 fully saturated rings. The highest BCUT2D eigenvalue weighted by molar-refractivity contribution is 5.77. The smallest absolute Gasteiger partial charge is 0.222 e. The topological polar surface area (TPSA) is 75.3 Å². The molecule has 4 nitrogen and oxygen atoms in total. The largest absolute Gasteiger partial charge is 0.394 e. The zero-order chi connectivity index (χ0) is 10.8. The number of nitrogens with two attached hydrogens (primary N) is 1. The normalized spacial score (nSPS) is 19.1. The summed E-state index contributed by atoms with van der Waals surface area (Å²) in [7, 11) is 0. The third kappa shape index (κ3) is 3.64. The minimum absolute atomic E-state index is 0.00973. The summed E-state index contributed by atoms with van der Waals surface area (Å²) in [6.45, 7) is 3.51. The van der Waals surface area contributed by atoms with Gasteiger partial charge in [-0.2, -0.15) is 0 Å². The lowest BCUT2D eigenvalue weighted by Gasteiger charge is -2.24. The molecule has 1 amide bonds. The van der Waals surface area contributed by atoms with Crippen molar-refractivity contribution in [2.75, 3.05) is 6.61 Å². The van der Waals surface area contributed by atoms with Gasteiger partial charge in [0.2, 0.25) is 5.91 Å². The van der Waals surface area contributed by atoms with Crippen molar-refractivity contribution in [3.8, 4) is 0 Å². The van der Waals surface area contributed by atoms with Crippen LogP contribution in [0.1, 0.15) is 33.1 Å². The van der Waals surface area contributed by atoms with Crippen molar-refractivity contribution in [1.29, 1.82) is 0 Å². The van der Waals surface area contributed by atoms with Crippen LogP contribution in [-0.2, 0) is 4.79 Å². The van der Waals surface area contributed by atoms with Gasteiger partial charge in [0.05, 0.1) is 12.1 Å². The molecular weight excluding hydrogens is 180 g/mol. The Kier molecular flexibility index (Phi) is 3.50. The third-order valence-corrected chi connectivity index (χ3v) is 2.52. The summed E-state index contributed by atoms with van der Waals surface area (Å²) in [5, 5.41) is 11.7. The molecule has 1 aliphatic carbocycles. The maximum atomic E-state index is 11.5. The Labute approximate surface area is 84.9 Å². The minimum atomic E-state index is -0.541. The zero-order valence-electron chi connectivity index (χ0n) is 8.92. The SMILES string of the molecule is CC(C)(CO)NC(=O)CC(N)C1CC1. The molecular formula is C10H20N2O2. The number of carbonyl (C=O) groups excluding carboxylic acids is 1. The van der Waals surface area contributed by atoms with Crippen molar-refractivity contribution in [2.24, 2.45) is 11.7 Å². The van der Waals surface area contributed by atoms with E-state index in [9.17, 15) is 4.79 Å². The first-order valence-electron chi connectivity index (χ1n) is 5.12. The summed E-state index contributed by atoms with van der Waals surface area (Å²) in [4.78, 5) is 11.5. The Morgan fingerprint density at radius 2 is 2.21 bits per heavy atom. The average Bonchev–Trinajstić information content (AvgIpc) is 2.84. The van der Waals surface area contributed by atoms with E-state index in [2.05, 4.69) is 5.32 Å². The number of aliphatic hydroxyl groups excluding tert-OH is 1. The number of amides is 1. The first-order chi connectivity index (χ1) is 6.44. The minimum Gasteiger partial charge on any atom is -0.394 e. The Hall–Kier alpha value is -0.610. The molecule has 0 spiro atoms. The fourth-order valence-electron chi connectivity index (χ4n) is 1.37. The molecule has 0 radical (unpaired) electrons. The highest BCUT2D eigenvalue weighted by atomic mass is 16.3. The molecule has 1 atom stereocenters. The quantitative estimate of drug-likeness (QED) is 0.585. The van der Waals surface area contributed by atoms with E-state index in [1.807, 2.05) is 0 Å². The van der Waals surface area contributed by atoms with Crippen LogP contribution in [-0.4, -0.2) is 29.2 Å². The van der Waals surface area contributed by atoms with E-state index in [0.717, 1.165) is 12.8 Å². The molecule has 0 bridgehead atoms. The second kappa shape index (κ2) is 4.28. The van der Waals surface area contributed by atoms with Crippen molar-refractivity contribution in [1.82, 2.24) is 5.32 Å². The van der Waals surface area contributed by atoms with Gasteiger partial charge in [0.1, 0.15) is 0 Å². The Morgan fingerprint density at radius 1 is 1.64 bits per heavy atom. The lowest BCUT2D eigenvalue weighted by atomic mass is 10.1. The number of carbonyl (C=O) groups is 1. The van der Waals surface area contributed by atoms with E-state index in [1.165, 1.54) is 0 Å². The highest BCUT2D eigenvalue weighted by Crippen LogP contribution is 2.32. The van der Waals surface area contributed by atoms with Crippen LogP contribution in [0.25, 0.3) is 0 Å². The van der Waals surface area contributed by atoms with Gasteiger partial charge in [-0.15, -0.1) is 0 Å². The molecule has 0 heterocycles. The molecule has 1 aliphatic rings.